The Balaban J connectivity index is 3.12. The number of hydrogen-bond acceptors (Lipinski definition) is 1. The van der Waals surface area contributed by atoms with Gasteiger partial charge in [-0.25, -0.2) is 0 Å². The third-order valence-corrected chi connectivity index (χ3v) is 2.03. The van der Waals surface area contributed by atoms with Gasteiger partial charge >= 0.3 is 0 Å². The molecular weight excluding hydrogens is 182 g/mol. The molecule has 1 nitrogen and oxygen atoms in total. The quantitative estimate of drug-likeness (QED) is 0.623. The maximum absolute atomic E-state index is 8.58. The summed E-state index contributed by atoms with van der Waals surface area (Å²) in [5, 5.41) is 9.27. The van der Waals surface area contributed by atoms with Crippen molar-refractivity contribution >= 4 is 17.7 Å². The Labute approximate surface area is 83.3 Å². The van der Waals surface area contributed by atoms with Gasteiger partial charge in [-0.1, -0.05) is 23.7 Å². The van der Waals surface area contributed by atoms with Crippen LogP contribution < -0.4 is 0 Å². The molecule has 1 aromatic rings. The highest BCUT2D eigenvalue weighted by molar-refractivity contribution is 6.32. The Morgan fingerprint density at radius 3 is 2.77 bits per heavy atom. The summed E-state index contributed by atoms with van der Waals surface area (Å²) in [5.41, 5.74) is 2.67. The van der Waals surface area contributed by atoms with Crippen molar-refractivity contribution in [3.8, 4) is 6.07 Å². The second-order valence-electron chi connectivity index (χ2n) is 2.96. The Morgan fingerprint density at radius 2 is 2.23 bits per heavy atom. The molecular formula is C11H10ClN. The average molecular weight is 192 g/mol. The Kier molecular flexibility index (Phi) is 3.11. The van der Waals surface area contributed by atoms with E-state index in [1.54, 1.807) is 13.0 Å². The molecule has 0 bridgehead atoms. The normalized spacial score (nSPS) is 11.1. The number of hydrogen-bond donors (Lipinski definition) is 0. The zero-order valence-electron chi connectivity index (χ0n) is 7.63. The van der Waals surface area contributed by atoms with E-state index in [0.717, 1.165) is 11.1 Å². The average Bonchev–Trinajstić information content (AvgIpc) is 2.09. The molecule has 0 N–H and O–H groups in total. The first-order valence-electron chi connectivity index (χ1n) is 3.98. The molecule has 0 radical (unpaired) electrons. The molecule has 2 heteroatoms. The minimum absolute atomic E-state index is 0.658. The van der Waals surface area contributed by atoms with Crippen molar-refractivity contribution in [2.24, 2.45) is 0 Å². The highest BCUT2D eigenvalue weighted by atomic mass is 35.5. The van der Waals surface area contributed by atoms with Crippen LogP contribution in [0.5, 0.6) is 0 Å². The predicted octanol–water partition coefficient (Wildman–Crippen LogP) is 3.58. The fourth-order valence-corrected chi connectivity index (χ4v) is 1.30. The maximum Gasteiger partial charge on any atom is 0.0944 e. The SMILES string of the molecule is C/C(C#N)=C\c1ccc(C)cc1Cl. The fourth-order valence-electron chi connectivity index (χ4n) is 1.01. The number of aryl methyl sites for hydroxylation is 1. The van der Waals surface area contributed by atoms with Crippen molar-refractivity contribution in [1.82, 2.24) is 0 Å². The Morgan fingerprint density at radius 1 is 1.54 bits per heavy atom. The number of rotatable bonds is 1. The third kappa shape index (κ3) is 2.61. The zero-order chi connectivity index (χ0) is 9.84. The van der Waals surface area contributed by atoms with Gasteiger partial charge in [-0.15, -0.1) is 0 Å². The van der Waals surface area contributed by atoms with Crippen molar-refractivity contribution in [2.75, 3.05) is 0 Å². The molecule has 0 heterocycles. The van der Waals surface area contributed by atoms with Crippen molar-refractivity contribution in [2.45, 2.75) is 13.8 Å². The third-order valence-electron chi connectivity index (χ3n) is 1.70. The first kappa shape index (κ1) is 9.83. The fraction of sp³-hybridized carbons (Fsp3) is 0.182. The molecule has 0 aliphatic heterocycles. The number of allylic oxidation sites excluding steroid dienone is 1. The van der Waals surface area contributed by atoms with E-state index in [-0.39, 0.29) is 0 Å². The summed E-state index contributed by atoms with van der Waals surface area (Å²) < 4.78 is 0. The molecule has 66 valence electrons. The Hall–Kier alpha value is -1.26. The van der Waals surface area contributed by atoms with Crippen molar-refractivity contribution in [1.29, 1.82) is 5.26 Å². The predicted molar refractivity (Wildman–Crippen MR) is 55.5 cm³/mol. The lowest BCUT2D eigenvalue weighted by atomic mass is 10.1. The first-order valence-corrected chi connectivity index (χ1v) is 4.36. The Bertz CT molecular complexity index is 386. The lowest BCUT2D eigenvalue weighted by Crippen LogP contribution is -1.79. The van der Waals surface area contributed by atoms with E-state index in [9.17, 15) is 0 Å². The van der Waals surface area contributed by atoms with Gasteiger partial charge in [0.2, 0.25) is 0 Å². The van der Waals surface area contributed by atoms with Gasteiger partial charge in [0.25, 0.3) is 0 Å². The van der Waals surface area contributed by atoms with Crippen LogP contribution in [0, 0.1) is 18.3 Å². The lowest BCUT2D eigenvalue weighted by Gasteiger charge is -1.99. The highest BCUT2D eigenvalue weighted by Gasteiger charge is 1.97. The van der Waals surface area contributed by atoms with E-state index in [1.807, 2.05) is 25.1 Å². The highest BCUT2D eigenvalue weighted by Crippen LogP contribution is 2.19. The van der Waals surface area contributed by atoms with Gasteiger partial charge in [-0.05, 0) is 37.1 Å². The van der Waals surface area contributed by atoms with Gasteiger partial charge < -0.3 is 0 Å². The molecule has 1 aromatic carbocycles. The summed E-state index contributed by atoms with van der Waals surface area (Å²) in [7, 11) is 0. The minimum atomic E-state index is 0.658. The van der Waals surface area contributed by atoms with Crippen LogP contribution in [0.2, 0.25) is 5.02 Å². The second-order valence-corrected chi connectivity index (χ2v) is 3.37. The monoisotopic (exact) mass is 191 g/mol. The summed E-state index contributed by atoms with van der Waals surface area (Å²) >= 11 is 5.98. The van der Waals surface area contributed by atoms with E-state index in [1.165, 1.54) is 0 Å². The summed E-state index contributed by atoms with van der Waals surface area (Å²) in [6.07, 6.45) is 1.78. The lowest BCUT2D eigenvalue weighted by molar-refractivity contribution is 1.44. The van der Waals surface area contributed by atoms with Gasteiger partial charge in [0.15, 0.2) is 0 Å². The van der Waals surface area contributed by atoms with E-state index >= 15 is 0 Å². The molecule has 0 amide bonds. The number of nitriles is 1. The topological polar surface area (TPSA) is 23.8 Å². The van der Waals surface area contributed by atoms with Gasteiger partial charge in [-0.2, -0.15) is 5.26 Å². The van der Waals surface area contributed by atoms with E-state index in [2.05, 4.69) is 6.07 Å². The van der Waals surface area contributed by atoms with Crippen LogP contribution in [0.1, 0.15) is 18.1 Å². The van der Waals surface area contributed by atoms with Crippen molar-refractivity contribution in [3.05, 3.63) is 39.9 Å². The minimum Gasteiger partial charge on any atom is -0.193 e. The van der Waals surface area contributed by atoms with E-state index < -0.39 is 0 Å². The van der Waals surface area contributed by atoms with E-state index in [0.29, 0.717) is 10.6 Å². The molecule has 0 atom stereocenters. The number of halogens is 1. The molecule has 0 unspecified atom stereocenters. The molecule has 0 aromatic heterocycles. The summed E-state index contributed by atoms with van der Waals surface area (Å²) in [5.74, 6) is 0. The van der Waals surface area contributed by atoms with Crippen LogP contribution in [-0.4, -0.2) is 0 Å². The van der Waals surface area contributed by atoms with Crippen LogP contribution in [0.3, 0.4) is 0 Å². The van der Waals surface area contributed by atoms with Crippen LogP contribution in [0.4, 0.5) is 0 Å². The molecule has 13 heavy (non-hydrogen) atoms. The molecule has 0 aliphatic rings. The van der Waals surface area contributed by atoms with Gasteiger partial charge in [0.05, 0.1) is 6.07 Å². The van der Waals surface area contributed by atoms with Crippen LogP contribution in [0.15, 0.2) is 23.8 Å². The molecule has 1 rings (SSSR count). The van der Waals surface area contributed by atoms with Crippen LogP contribution in [-0.2, 0) is 0 Å². The summed E-state index contributed by atoms with van der Waals surface area (Å²) in [4.78, 5) is 0. The van der Waals surface area contributed by atoms with Crippen LogP contribution >= 0.6 is 11.6 Å². The van der Waals surface area contributed by atoms with Gasteiger partial charge in [0, 0.05) is 10.6 Å². The smallest absolute Gasteiger partial charge is 0.0944 e. The summed E-state index contributed by atoms with van der Waals surface area (Å²) in [6.45, 7) is 3.74. The van der Waals surface area contributed by atoms with Crippen molar-refractivity contribution < 1.29 is 0 Å². The standard InChI is InChI=1S/C11H10ClN/c1-8-3-4-10(11(12)6-8)5-9(2)7-13/h3-6H,1-2H3/b9-5+. The van der Waals surface area contributed by atoms with Gasteiger partial charge in [-0.3, -0.25) is 0 Å². The van der Waals surface area contributed by atoms with E-state index in [4.69, 9.17) is 16.9 Å². The molecule has 0 spiro atoms. The maximum atomic E-state index is 8.58. The molecule has 0 saturated heterocycles. The molecule has 0 aliphatic carbocycles. The molecule has 0 saturated carbocycles. The van der Waals surface area contributed by atoms with Gasteiger partial charge in [0.1, 0.15) is 0 Å². The number of nitrogens with zero attached hydrogens (tertiary/aromatic N) is 1. The first-order chi connectivity index (χ1) is 6.13. The zero-order valence-corrected chi connectivity index (χ0v) is 8.39. The second kappa shape index (κ2) is 4.11. The summed E-state index contributed by atoms with van der Waals surface area (Å²) in [6, 6.07) is 7.83. The molecule has 0 fully saturated rings. The largest absolute Gasteiger partial charge is 0.193 e. The van der Waals surface area contributed by atoms with Crippen LogP contribution in [0.25, 0.3) is 6.08 Å². The number of benzene rings is 1. The van der Waals surface area contributed by atoms with Crippen molar-refractivity contribution in [3.63, 3.8) is 0 Å².